The van der Waals surface area contributed by atoms with Gasteiger partial charge in [0.2, 0.25) is 5.91 Å². The molecule has 2 aromatic rings. The molecule has 0 bridgehead atoms. The second-order valence-electron chi connectivity index (χ2n) is 6.13. The average molecular weight is 386 g/mol. The van der Waals surface area contributed by atoms with Gasteiger partial charge >= 0.3 is 6.09 Å². The van der Waals surface area contributed by atoms with Gasteiger partial charge in [-0.3, -0.25) is 4.79 Å². The normalized spacial score (nSPS) is 12.0. The van der Waals surface area contributed by atoms with E-state index in [1.54, 1.807) is 6.92 Å². The number of nitrogens with two attached hydrogens (primary N) is 1. The number of benzene rings is 2. The number of nitrogens with one attached hydrogen (secondary N) is 2. The number of carbonyl (C=O) groups excluding carboxylic acids is 2. The molecule has 2 rings (SSSR count). The summed E-state index contributed by atoms with van der Waals surface area (Å²) in [5, 5.41) is 5.56. The smallest absolute Gasteiger partial charge is 0.407 e. The molecular weight excluding hydrogens is 354 g/mol. The van der Waals surface area contributed by atoms with Crippen LogP contribution >= 0.6 is 0 Å². The molecule has 4 N–H and O–H groups in total. The Kier molecular flexibility index (Phi) is 11.0. The van der Waals surface area contributed by atoms with Gasteiger partial charge < -0.3 is 21.1 Å². The molecule has 0 aliphatic heterocycles. The molecule has 2 amide bonds. The van der Waals surface area contributed by atoms with Gasteiger partial charge in [-0.15, -0.1) is 0 Å². The van der Waals surface area contributed by atoms with Crippen LogP contribution in [0.25, 0.3) is 0 Å². The predicted molar refractivity (Wildman–Crippen MR) is 112 cm³/mol. The summed E-state index contributed by atoms with van der Waals surface area (Å²) in [5.41, 5.74) is 7.53. The van der Waals surface area contributed by atoms with E-state index in [1.807, 2.05) is 74.5 Å². The third-order valence-electron chi connectivity index (χ3n) is 3.80. The summed E-state index contributed by atoms with van der Waals surface area (Å²) in [6.45, 7) is 6.08. The number of hydrogen-bond acceptors (Lipinski definition) is 4. The minimum atomic E-state index is -0.600. The van der Waals surface area contributed by atoms with Gasteiger partial charge in [-0.2, -0.15) is 0 Å². The van der Waals surface area contributed by atoms with Crippen LogP contribution in [0.3, 0.4) is 0 Å². The molecule has 2 aromatic carbocycles. The first-order chi connectivity index (χ1) is 13.5. The number of ether oxygens (including phenoxy) is 1. The van der Waals surface area contributed by atoms with E-state index in [4.69, 9.17) is 10.5 Å². The largest absolute Gasteiger partial charge is 0.445 e. The molecule has 6 nitrogen and oxygen atoms in total. The van der Waals surface area contributed by atoms with E-state index in [0.29, 0.717) is 6.42 Å². The lowest BCUT2D eigenvalue weighted by molar-refractivity contribution is -0.122. The van der Waals surface area contributed by atoms with Crippen molar-refractivity contribution in [2.75, 3.05) is 6.54 Å². The highest BCUT2D eigenvalue weighted by atomic mass is 16.5. The van der Waals surface area contributed by atoms with Crippen molar-refractivity contribution in [1.29, 1.82) is 0 Å². The summed E-state index contributed by atoms with van der Waals surface area (Å²) in [6.07, 6.45) is 0.0466. The van der Waals surface area contributed by atoms with E-state index in [0.717, 1.165) is 11.1 Å². The van der Waals surface area contributed by atoms with Crippen LogP contribution in [-0.4, -0.2) is 30.6 Å². The number of carbonyl (C=O) groups is 2. The predicted octanol–water partition coefficient (Wildman–Crippen LogP) is 3.01. The van der Waals surface area contributed by atoms with Crippen molar-refractivity contribution in [1.82, 2.24) is 10.6 Å². The minimum Gasteiger partial charge on any atom is -0.445 e. The first kappa shape index (κ1) is 23.2. The van der Waals surface area contributed by atoms with Gasteiger partial charge in [0.05, 0.1) is 12.1 Å². The fourth-order valence-electron chi connectivity index (χ4n) is 2.39. The van der Waals surface area contributed by atoms with Gasteiger partial charge in [0.15, 0.2) is 0 Å². The summed E-state index contributed by atoms with van der Waals surface area (Å²) in [7, 11) is 0. The van der Waals surface area contributed by atoms with E-state index in [2.05, 4.69) is 10.6 Å². The lowest BCUT2D eigenvalue weighted by Gasteiger charge is -2.20. The number of alkyl carbamates (subject to hydrolysis) is 1. The highest BCUT2D eigenvalue weighted by Gasteiger charge is 2.16. The van der Waals surface area contributed by atoms with Crippen LogP contribution in [0, 0.1) is 0 Å². The van der Waals surface area contributed by atoms with Crippen molar-refractivity contribution < 1.29 is 14.3 Å². The molecule has 0 spiro atoms. The van der Waals surface area contributed by atoms with E-state index in [-0.39, 0.29) is 25.1 Å². The van der Waals surface area contributed by atoms with Crippen LogP contribution < -0.4 is 16.4 Å². The maximum Gasteiger partial charge on any atom is 0.407 e. The Morgan fingerprint density at radius 3 is 2.04 bits per heavy atom. The zero-order valence-corrected chi connectivity index (χ0v) is 16.9. The minimum absolute atomic E-state index is 0.191. The van der Waals surface area contributed by atoms with E-state index >= 15 is 0 Å². The van der Waals surface area contributed by atoms with E-state index in [9.17, 15) is 9.59 Å². The Morgan fingerprint density at radius 2 is 1.50 bits per heavy atom. The SMILES string of the molecule is CC.CC(N)C(=O)NCC(Cc1ccccc1)NC(=O)OCc1ccccc1. The van der Waals surface area contributed by atoms with Crippen LogP contribution in [-0.2, 0) is 22.6 Å². The fraction of sp³-hybridized carbons (Fsp3) is 0.364. The van der Waals surface area contributed by atoms with Crippen LogP contribution in [0.2, 0.25) is 0 Å². The number of amides is 2. The van der Waals surface area contributed by atoms with Gasteiger partial charge in [0.25, 0.3) is 0 Å². The second kappa shape index (κ2) is 13.3. The summed E-state index contributed by atoms with van der Waals surface area (Å²) in [6, 6.07) is 18.3. The zero-order valence-electron chi connectivity index (χ0n) is 16.9. The van der Waals surface area contributed by atoms with Crippen molar-refractivity contribution in [3.05, 3.63) is 71.8 Å². The first-order valence-corrected chi connectivity index (χ1v) is 9.59. The topological polar surface area (TPSA) is 93.5 Å². The van der Waals surface area contributed by atoms with Crippen LogP contribution in [0.5, 0.6) is 0 Å². The lowest BCUT2D eigenvalue weighted by Crippen LogP contribution is -2.48. The van der Waals surface area contributed by atoms with Crippen molar-refractivity contribution >= 4 is 12.0 Å². The fourth-order valence-corrected chi connectivity index (χ4v) is 2.39. The van der Waals surface area contributed by atoms with Crippen LogP contribution in [0.15, 0.2) is 60.7 Å². The van der Waals surface area contributed by atoms with Gasteiger partial charge in [0.1, 0.15) is 6.61 Å². The Balaban J connectivity index is 0.00000190. The Bertz CT molecular complexity index is 691. The molecule has 0 heterocycles. The monoisotopic (exact) mass is 385 g/mol. The van der Waals surface area contributed by atoms with Crippen LogP contribution in [0.1, 0.15) is 31.9 Å². The molecule has 0 fully saturated rings. The Labute approximate surface area is 167 Å². The van der Waals surface area contributed by atoms with Crippen LogP contribution in [0.4, 0.5) is 4.79 Å². The first-order valence-electron chi connectivity index (χ1n) is 9.59. The van der Waals surface area contributed by atoms with Gasteiger partial charge in [-0.1, -0.05) is 74.5 Å². The van der Waals surface area contributed by atoms with Crippen molar-refractivity contribution in [2.24, 2.45) is 5.73 Å². The van der Waals surface area contributed by atoms with Gasteiger partial charge in [-0.25, -0.2) is 4.79 Å². The number of rotatable bonds is 8. The van der Waals surface area contributed by atoms with Gasteiger partial charge in [0, 0.05) is 6.54 Å². The average Bonchev–Trinajstić information content (AvgIpc) is 2.73. The molecule has 2 atom stereocenters. The van der Waals surface area contributed by atoms with Crippen molar-refractivity contribution in [2.45, 2.75) is 45.9 Å². The molecule has 0 saturated carbocycles. The molecule has 0 saturated heterocycles. The highest BCUT2D eigenvalue weighted by Crippen LogP contribution is 2.05. The molecule has 0 aromatic heterocycles. The molecule has 0 aliphatic rings. The third-order valence-corrected chi connectivity index (χ3v) is 3.80. The molecule has 152 valence electrons. The molecule has 0 aliphatic carbocycles. The summed E-state index contributed by atoms with van der Waals surface area (Å²) < 4.78 is 5.26. The highest BCUT2D eigenvalue weighted by molar-refractivity contribution is 5.81. The summed E-state index contributed by atoms with van der Waals surface area (Å²) >= 11 is 0. The quantitative estimate of drug-likeness (QED) is 0.651. The molecule has 0 radical (unpaired) electrons. The standard InChI is InChI=1S/C20H25N3O3.C2H6/c1-15(21)19(24)22-13-18(12-16-8-4-2-5-9-16)23-20(25)26-14-17-10-6-3-7-11-17;1-2/h2-11,15,18H,12-14,21H2,1H3,(H,22,24)(H,23,25);1-2H3. The van der Waals surface area contributed by atoms with Crippen molar-refractivity contribution in [3.63, 3.8) is 0 Å². The summed E-state index contributed by atoms with van der Waals surface area (Å²) in [5.74, 6) is -0.262. The zero-order chi connectivity index (χ0) is 20.8. The second-order valence-corrected chi connectivity index (χ2v) is 6.13. The van der Waals surface area contributed by atoms with E-state index in [1.165, 1.54) is 0 Å². The molecule has 2 unspecified atom stereocenters. The summed E-state index contributed by atoms with van der Waals surface area (Å²) in [4.78, 5) is 23.8. The maximum absolute atomic E-state index is 12.1. The molecule has 6 heteroatoms. The Hall–Kier alpha value is -2.86. The van der Waals surface area contributed by atoms with Gasteiger partial charge in [-0.05, 0) is 24.5 Å². The Morgan fingerprint density at radius 1 is 0.964 bits per heavy atom. The third kappa shape index (κ3) is 9.19. The number of hydrogen-bond donors (Lipinski definition) is 3. The lowest BCUT2D eigenvalue weighted by atomic mass is 10.1. The molecular formula is C22H31N3O3. The maximum atomic E-state index is 12.1. The van der Waals surface area contributed by atoms with E-state index < -0.39 is 12.1 Å². The van der Waals surface area contributed by atoms with Crippen molar-refractivity contribution in [3.8, 4) is 0 Å². The molecule has 28 heavy (non-hydrogen) atoms.